The molecule has 2 aromatic rings. The topological polar surface area (TPSA) is 94.1 Å². The first-order valence-electron chi connectivity index (χ1n) is 15.3. The highest BCUT2D eigenvalue weighted by molar-refractivity contribution is 6.04. The third-order valence-electron chi connectivity index (χ3n) is 9.36. The summed E-state index contributed by atoms with van der Waals surface area (Å²) in [5.74, 6) is 2.81. The average Bonchev–Trinajstić information content (AvgIpc) is 3.64. The van der Waals surface area contributed by atoms with Crippen LogP contribution in [0.3, 0.4) is 0 Å². The number of rotatable bonds is 7. The highest BCUT2D eigenvalue weighted by Crippen LogP contribution is 2.42. The number of piperidine rings is 1. The fourth-order valence-electron chi connectivity index (χ4n) is 7.21. The van der Waals surface area contributed by atoms with Gasteiger partial charge in [0, 0.05) is 31.9 Å². The monoisotopic (exact) mass is 561 g/mol. The summed E-state index contributed by atoms with van der Waals surface area (Å²) in [6, 6.07) is 4.10. The number of likely N-dealkylation sites (tertiary alicyclic amines) is 1. The zero-order valence-corrected chi connectivity index (χ0v) is 24.9. The summed E-state index contributed by atoms with van der Waals surface area (Å²) in [6.07, 6.45) is 10.1. The third kappa shape index (κ3) is 5.22. The van der Waals surface area contributed by atoms with Crippen molar-refractivity contribution in [2.75, 3.05) is 60.4 Å². The molecule has 1 aromatic heterocycles. The number of benzene rings is 1. The number of anilines is 5. The molecule has 1 saturated heterocycles. The summed E-state index contributed by atoms with van der Waals surface area (Å²) in [6.45, 7) is 7.43. The van der Waals surface area contributed by atoms with E-state index in [1.807, 2.05) is 24.1 Å². The van der Waals surface area contributed by atoms with Gasteiger partial charge in [-0.25, -0.2) is 4.98 Å². The van der Waals surface area contributed by atoms with E-state index in [0.29, 0.717) is 36.7 Å². The van der Waals surface area contributed by atoms with Gasteiger partial charge in [0.25, 0.3) is 0 Å². The standard InChI is InChI=1S/C31H43N7O3/c1-5-24-30(40)35(3)26-17-32-31(34-29(26)38(24)22-10-6-7-11-22)33-23-16-25-21(15-27(23)41-4)12-14-37(25)28(39)19-36-13-8-9-20(2)18-36/h15-17,20,22,24H,5-14,18-19H2,1-4H3,(H,32,33,34)/t20?,24-/m1/s1. The zero-order chi connectivity index (χ0) is 28.7. The van der Waals surface area contributed by atoms with Gasteiger partial charge in [0.1, 0.15) is 17.5 Å². The molecule has 10 heteroatoms. The van der Waals surface area contributed by atoms with Crippen LogP contribution in [-0.4, -0.2) is 79.1 Å². The van der Waals surface area contributed by atoms with Gasteiger partial charge < -0.3 is 24.8 Å². The SMILES string of the molecule is CC[C@@H]1C(=O)N(C)c2cnc(Nc3cc4c(cc3OC)CCN4C(=O)CN3CCCC(C)C3)nc2N1C1CCCC1. The van der Waals surface area contributed by atoms with E-state index in [-0.39, 0.29) is 17.9 Å². The quantitative estimate of drug-likeness (QED) is 0.533. The molecule has 1 saturated carbocycles. The number of fused-ring (bicyclic) bond motifs is 2. The van der Waals surface area contributed by atoms with Crippen molar-refractivity contribution < 1.29 is 14.3 Å². The lowest BCUT2D eigenvalue weighted by Crippen LogP contribution is -2.55. The van der Waals surface area contributed by atoms with Crippen LogP contribution in [0.1, 0.15) is 64.4 Å². The summed E-state index contributed by atoms with van der Waals surface area (Å²) < 4.78 is 5.76. The van der Waals surface area contributed by atoms with Crippen molar-refractivity contribution in [3.8, 4) is 5.75 Å². The van der Waals surface area contributed by atoms with E-state index in [9.17, 15) is 9.59 Å². The largest absolute Gasteiger partial charge is 0.495 e. The van der Waals surface area contributed by atoms with Crippen LogP contribution in [0.2, 0.25) is 0 Å². The zero-order valence-electron chi connectivity index (χ0n) is 24.9. The molecule has 4 heterocycles. The minimum absolute atomic E-state index is 0.0975. The van der Waals surface area contributed by atoms with E-state index in [1.165, 1.54) is 19.3 Å². The number of amides is 2. The lowest BCUT2D eigenvalue weighted by Gasteiger charge is -2.43. The molecule has 6 rings (SSSR count). The summed E-state index contributed by atoms with van der Waals surface area (Å²) in [5, 5.41) is 3.39. The predicted octanol–water partition coefficient (Wildman–Crippen LogP) is 4.35. The van der Waals surface area contributed by atoms with Crippen LogP contribution in [0.5, 0.6) is 5.75 Å². The Hall–Kier alpha value is -3.40. The molecule has 2 amide bonds. The molecule has 220 valence electrons. The van der Waals surface area contributed by atoms with Crippen molar-refractivity contribution >= 4 is 40.6 Å². The fourth-order valence-corrected chi connectivity index (χ4v) is 7.21. The molecule has 0 bridgehead atoms. The number of hydrogen-bond donors (Lipinski definition) is 1. The van der Waals surface area contributed by atoms with Crippen LogP contribution in [0.25, 0.3) is 0 Å². The number of nitrogens with one attached hydrogen (secondary N) is 1. The first-order chi connectivity index (χ1) is 19.9. The Kier molecular flexibility index (Phi) is 7.76. The minimum atomic E-state index is -0.227. The summed E-state index contributed by atoms with van der Waals surface area (Å²) in [5.41, 5.74) is 3.49. The van der Waals surface area contributed by atoms with Crippen molar-refractivity contribution in [2.24, 2.45) is 5.92 Å². The van der Waals surface area contributed by atoms with Crippen molar-refractivity contribution in [2.45, 2.75) is 77.3 Å². The van der Waals surface area contributed by atoms with Gasteiger partial charge in [-0.3, -0.25) is 14.5 Å². The fraction of sp³-hybridized carbons (Fsp3) is 0.613. The van der Waals surface area contributed by atoms with Crippen molar-refractivity contribution in [3.63, 3.8) is 0 Å². The summed E-state index contributed by atoms with van der Waals surface area (Å²) in [7, 11) is 3.47. The Labute approximate surface area is 243 Å². The van der Waals surface area contributed by atoms with Crippen molar-refractivity contribution in [3.05, 3.63) is 23.9 Å². The third-order valence-corrected chi connectivity index (χ3v) is 9.36. The maximum Gasteiger partial charge on any atom is 0.249 e. The lowest BCUT2D eigenvalue weighted by molar-refractivity contribution is -0.120. The van der Waals surface area contributed by atoms with Crippen molar-refractivity contribution in [1.82, 2.24) is 14.9 Å². The second-order valence-electron chi connectivity index (χ2n) is 12.2. The number of hydrogen-bond acceptors (Lipinski definition) is 8. The molecule has 41 heavy (non-hydrogen) atoms. The van der Waals surface area contributed by atoms with Crippen LogP contribution >= 0.6 is 0 Å². The second-order valence-corrected chi connectivity index (χ2v) is 12.2. The predicted molar refractivity (Wildman–Crippen MR) is 161 cm³/mol. The van der Waals surface area contributed by atoms with Gasteiger partial charge in [-0.15, -0.1) is 0 Å². The number of carbonyl (C=O) groups is 2. The van der Waals surface area contributed by atoms with Crippen LogP contribution in [0.4, 0.5) is 28.8 Å². The lowest BCUT2D eigenvalue weighted by atomic mass is 10.0. The van der Waals surface area contributed by atoms with E-state index in [0.717, 1.165) is 73.6 Å². The number of carbonyl (C=O) groups excluding carboxylic acids is 2. The number of likely N-dealkylation sites (N-methyl/N-ethyl adjacent to an activating group) is 1. The van der Waals surface area contributed by atoms with Crippen molar-refractivity contribution in [1.29, 1.82) is 0 Å². The number of methoxy groups -OCH3 is 1. The molecular formula is C31H43N7O3. The molecule has 4 aliphatic rings. The van der Waals surface area contributed by atoms with Gasteiger partial charge in [-0.1, -0.05) is 26.7 Å². The molecule has 1 unspecified atom stereocenters. The van der Waals surface area contributed by atoms with E-state index in [4.69, 9.17) is 9.72 Å². The van der Waals surface area contributed by atoms with Gasteiger partial charge in [-0.2, -0.15) is 4.98 Å². The molecular weight excluding hydrogens is 518 g/mol. The minimum Gasteiger partial charge on any atom is -0.495 e. The van der Waals surface area contributed by atoms with Crippen LogP contribution in [0.15, 0.2) is 18.3 Å². The molecule has 1 aromatic carbocycles. The Morgan fingerprint density at radius 3 is 2.66 bits per heavy atom. The van der Waals surface area contributed by atoms with Gasteiger partial charge in [0.05, 0.1) is 25.5 Å². The van der Waals surface area contributed by atoms with Gasteiger partial charge in [0.2, 0.25) is 17.8 Å². The Balaban J connectivity index is 1.29. The molecule has 10 nitrogen and oxygen atoms in total. The van der Waals surface area contributed by atoms with Gasteiger partial charge >= 0.3 is 0 Å². The van der Waals surface area contributed by atoms with E-state index in [1.54, 1.807) is 18.2 Å². The normalized spacial score (nSPS) is 23.1. The van der Waals surface area contributed by atoms with E-state index < -0.39 is 0 Å². The first-order valence-corrected chi connectivity index (χ1v) is 15.3. The maximum atomic E-state index is 13.4. The van der Waals surface area contributed by atoms with E-state index >= 15 is 0 Å². The summed E-state index contributed by atoms with van der Waals surface area (Å²) in [4.78, 5) is 44.4. The molecule has 3 aliphatic heterocycles. The number of aromatic nitrogens is 2. The highest BCUT2D eigenvalue weighted by atomic mass is 16.5. The molecule has 1 N–H and O–H groups in total. The van der Waals surface area contributed by atoms with Crippen LogP contribution in [-0.2, 0) is 16.0 Å². The van der Waals surface area contributed by atoms with Gasteiger partial charge in [0.15, 0.2) is 5.82 Å². The number of nitrogens with zero attached hydrogens (tertiary/aromatic N) is 6. The first kappa shape index (κ1) is 27.8. The average molecular weight is 562 g/mol. The smallest absolute Gasteiger partial charge is 0.249 e. The molecule has 0 spiro atoms. The van der Waals surface area contributed by atoms with Crippen LogP contribution in [0, 0.1) is 5.92 Å². The Morgan fingerprint density at radius 1 is 1.12 bits per heavy atom. The molecule has 2 atom stereocenters. The maximum absolute atomic E-state index is 13.4. The van der Waals surface area contributed by atoms with Crippen LogP contribution < -0.4 is 24.8 Å². The van der Waals surface area contributed by atoms with Gasteiger partial charge in [-0.05, 0) is 68.7 Å². The van der Waals surface area contributed by atoms with E-state index in [2.05, 4.69) is 33.9 Å². The molecule has 1 aliphatic carbocycles. The highest BCUT2D eigenvalue weighted by Gasteiger charge is 2.41. The Bertz CT molecular complexity index is 1310. The molecule has 0 radical (unpaired) electrons. The molecule has 2 fully saturated rings. The second kappa shape index (κ2) is 11.5. The summed E-state index contributed by atoms with van der Waals surface area (Å²) >= 11 is 0. The number of ether oxygens (including phenoxy) is 1. The Morgan fingerprint density at radius 2 is 1.93 bits per heavy atom.